The standard InChI is InChI=1S/C17H28N2/c1-4-17(15-9-6-5-7-10-15)19-12-8-11-16(13-19)18-14(2)3/h5-7,9-10,14,16-18H,4,8,11-13H2,1-3H3. The minimum Gasteiger partial charge on any atom is -0.311 e. The maximum absolute atomic E-state index is 3.70. The van der Waals surface area contributed by atoms with Gasteiger partial charge in [-0.25, -0.2) is 0 Å². The molecule has 2 heteroatoms. The average molecular weight is 260 g/mol. The zero-order valence-corrected chi connectivity index (χ0v) is 12.6. The molecule has 1 heterocycles. The summed E-state index contributed by atoms with van der Waals surface area (Å²) < 4.78 is 0. The Morgan fingerprint density at radius 1 is 1.26 bits per heavy atom. The van der Waals surface area contributed by atoms with Gasteiger partial charge in [-0.2, -0.15) is 0 Å². The molecule has 1 aromatic rings. The third-order valence-electron chi connectivity index (χ3n) is 4.03. The summed E-state index contributed by atoms with van der Waals surface area (Å²) in [6.07, 6.45) is 3.83. The van der Waals surface area contributed by atoms with Gasteiger partial charge in [-0.3, -0.25) is 4.90 Å². The molecular formula is C17H28N2. The Bertz CT molecular complexity index is 361. The first-order chi connectivity index (χ1) is 9.20. The van der Waals surface area contributed by atoms with Crippen molar-refractivity contribution in [3.05, 3.63) is 35.9 Å². The smallest absolute Gasteiger partial charge is 0.0346 e. The van der Waals surface area contributed by atoms with Crippen LogP contribution in [0.2, 0.25) is 0 Å². The van der Waals surface area contributed by atoms with Gasteiger partial charge in [-0.1, -0.05) is 51.1 Å². The average Bonchev–Trinajstić information content (AvgIpc) is 2.40. The molecule has 0 spiro atoms. The van der Waals surface area contributed by atoms with Crippen molar-refractivity contribution in [2.24, 2.45) is 0 Å². The number of rotatable bonds is 5. The fraction of sp³-hybridized carbons (Fsp3) is 0.647. The molecule has 19 heavy (non-hydrogen) atoms. The lowest BCUT2D eigenvalue weighted by atomic mass is 9.97. The Morgan fingerprint density at radius 3 is 2.63 bits per heavy atom. The Balaban J connectivity index is 2.02. The highest BCUT2D eigenvalue weighted by atomic mass is 15.2. The molecule has 1 fully saturated rings. The fourth-order valence-corrected chi connectivity index (χ4v) is 3.28. The van der Waals surface area contributed by atoms with Crippen LogP contribution in [0.1, 0.15) is 51.6 Å². The minimum absolute atomic E-state index is 0.581. The van der Waals surface area contributed by atoms with Gasteiger partial charge in [0, 0.05) is 24.7 Å². The molecule has 0 aromatic heterocycles. The van der Waals surface area contributed by atoms with Crippen molar-refractivity contribution in [1.29, 1.82) is 0 Å². The molecule has 0 radical (unpaired) electrons. The molecule has 1 N–H and O–H groups in total. The first-order valence-electron chi connectivity index (χ1n) is 7.75. The normalized spacial score (nSPS) is 22.6. The van der Waals surface area contributed by atoms with E-state index in [1.54, 1.807) is 0 Å². The quantitative estimate of drug-likeness (QED) is 0.870. The van der Waals surface area contributed by atoms with Crippen LogP contribution in [0.4, 0.5) is 0 Å². The molecule has 106 valence electrons. The van der Waals surface area contributed by atoms with Gasteiger partial charge >= 0.3 is 0 Å². The van der Waals surface area contributed by atoms with Crippen molar-refractivity contribution in [3.63, 3.8) is 0 Å². The van der Waals surface area contributed by atoms with Crippen LogP contribution in [0.15, 0.2) is 30.3 Å². The number of hydrogen-bond donors (Lipinski definition) is 1. The summed E-state index contributed by atoms with van der Waals surface area (Å²) in [6, 6.07) is 12.8. The summed E-state index contributed by atoms with van der Waals surface area (Å²) >= 11 is 0. The topological polar surface area (TPSA) is 15.3 Å². The van der Waals surface area contributed by atoms with Crippen LogP contribution in [-0.2, 0) is 0 Å². The molecular weight excluding hydrogens is 232 g/mol. The van der Waals surface area contributed by atoms with E-state index in [1.165, 1.54) is 37.9 Å². The van der Waals surface area contributed by atoms with Gasteiger partial charge in [0.1, 0.15) is 0 Å². The molecule has 1 aromatic carbocycles. The van der Waals surface area contributed by atoms with Crippen molar-refractivity contribution in [2.75, 3.05) is 13.1 Å². The van der Waals surface area contributed by atoms with Gasteiger partial charge in [-0.05, 0) is 31.4 Å². The summed E-state index contributed by atoms with van der Waals surface area (Å²) in [5.41, 5.74) is 1.47. The van der Waals surface area contributed by atoms with E-state index >= 15 is 0 Å². The second kappa shape index (κ2) is 7.06. The van der Waals surface area contributed by atoms with E-state index in [-0.39, 0.29) is 0 Å². The van der Waals surface area contributed by atoms with Gasteiger partial charge < -0.3 is 5.32 Å². The Morgan fingerprint density at radius 2 is 2.00 bits per heavy atom. The Kier molecular flexibility index (Phi) is 5.41. The predicted octanol–water partition coefficient (Wildman–Crippen LogP) is 3.60. The van der Waals surface area contributed by atoms with Crippen molar-refractivity contribution in [2.45, 2.75) is 58.2 Å². The van der Waals surface area contributed by atoms with Crippen molar-refractivity contribution in [1.82, 2.24) is 10.2 Å². The molecule has 1 aliphatic heterocycles. The number of nitrogens with one attached hydrogen (secondary N) is 1. The SMILES string of the molecule is CCC(c1ccccc1)N1CCCC(NC(C)C)C1. The zero-order valence-electron chi connectivity index (χ0n) is 12.6. The highest BCUT2D eigenvalue weighted by molar-refractivity contribution is 5.19. The van der Waals surface area contributed by atoms with Crippen molar-refractivity contribution in [3.8, 4) is 0 Å². The monoisotopic (exact) mass is 260 g/mol. The van der Waals surface area contributed by atoms with E-state index in [2.05, 4.69) is 61.3 Å². The van der Waals surface area contributed by atoms with Crippen LogP contribution in [0.25, 0.3) is 0 Å². The molecule has 0 aliphatic carbocycles. The molecule has 2 unspecified atom stereocenters. The lowest BCUT2D eigenvalue weighted by Gasteiger charge is -2.39. The molecule has 0 bridgehead atoms. The summed E-state index contributed by atoms with van der Waals surface area (Å²) in [6.45, 7) is 9.22. The number of benzene rings is 1. The molecule has 1 saturated heterocycles. The van der Waals surface area contributed by atoms with Crippen LogP contribution in [0.3, 0.4) is 0 Å². The number of nitrogens with zero attached hydrogens (tertiary/aromatic N) is 1. The summed E-state index contributed by atoms with van der Waals surface area (Å²) in [7, 11) is 0. The van der Waals surface area contributed by atoms with Crippen LogP contribution in [-0.4, -0.2) is 30.1 Å². The number of likely N-dealkylation sites (tertiary alicyclic amines) is 1. The molecule has 2 nitrogen and oxygen atoms in total. The predicted molar refractivity (Wildman–Crippen MR) is 82.3 cm³/mol. The highest BCUT2D eigenvalue weighted by Crippen LogP contribution is 2.27. The molecule has 0 amide bonds. The van der Waals surface area contributed by atoms with E-state index in [0.29, 0.717) is 18.1 Å². The first-order valence-corrected chi connectivity index (χ1v) is 7.75. The van der Waals surface area contributed by atoms with E-state index < -0.39 is 0 Å². The van der Waals surface area contributed by atoms with Gasteiger partial charge in [-0.15, -0.1) is 0 Å². The molecule has 1 aliphatic rings. The Labute approximate surface area is 118 Å². The third kappa shape index (κ3) is 4.05. The fourth-order valence-electron chi connectivity index (χ4n) is 3.28. The second-order valence-electron chi connectivity index (χ2n) is 5.99. The lowest BCUT2D eigenvalue weighted by molar-refractivity contribution is 0.130. The maximum atomic E-state index is 3.70. The first kappa shape index (κ1) is 14.5. The van der Waals surface area contributed by atoms with Gasteiger partial charge in [0.2, 0.25) is 0 Å². The second-order valence-corrected chi connectivity index (χ2v) is 5.99. The van der Waals surface area contributed by atoms with E-state index in [4.69, 9.17) is 0 Å². The lowest BCUT2D eigenvalue weighted by Crippen LogP contribution is -2.48. The minimum atomic E-state index is 0.581. The highest BCUT2D eigenvalue weighted by Gasteiger charge is 2.25. The summed E-state index contributed by atoms with van der Waals surface area (Å²) in [5.74, 6) is 0. The Hall–Kier alpha value is -0.860. The number of hydrogen-bond acceptors (Lipinski definition) is 2. The van der Waals surface area contributed by atoms with E-state index in [9.17, 15) is 0 Å². The van der Waals surface area contributed by atoms with E-state index in [1.807, 2.05) is 0 Å². The largest absolute Gasteiger partial charge is 0.311 e. The van der Waals surface area contributed by atoms with Crippen LogP contribution in [0.5, 0.6) is 0 Å². The third-order valence-corrected chi connectivity index (χ3v) is 4.03. The zero-order chi connectivity index (χ0) is 13.7. The summed E-state index contributed by atoms with van der Waals surface area (Å²) in [5, 5.41) is 3.70. The van der Waals surface area contributed by atoms with Gasteiger partial charge in [0.15, 0.2) is 0 Å². The molecule has 0 saturated carbocycles. The van der Waals surface area contributed by atoms with E-state index in [0.717, 1.165) is 0 Å². The summed E-state index contributed by atoms with van der Waals surface area (Å²) in [4.78, 5) is 2.67. The molecule has 2 atom stereocenters. The van der Waals surface area contributed by atoms with Crippen LogP contribution in [0, 0.1) is 0 Å². The molecule has 2 rings (SSSR count). The number of piperidine rings is 1. The van der Waals surface area contributed by atoms with Crippen LogP contribution >= 0.6 is 0 Å². The van der Waals surface area contributed by atoms with Gasteiger partial charge in [0.25, 0.3) is 0 Å². The van der Waals surface area contributed by atoms with Crippen molar-refractivity contribution >= 4 is 0 Å². The van der Waals surface area contributed by atoms with Crippen molar-refractivity contribution < 1.29 is 0 Å². The maximum Gasteiger partial charge on any atom is 0.0346 e. The van der Waals surface area contributed by atoms with Gasteiger partial charge in [0.05, 0.1) is 0 Å². The van der Waals surface area contributed by atoms with Crippen LogP contribution < -0.4 is 5.32 Å².